The van der Waals surface area contributed by atoms with Gasteiger partial charge in [-0.3, -0.25) is 9.59 Å². The van der Waals surface area contributed by atoms with Crippen LogP contribution in [-0.4, -0.2) is 62.7 Å². The number of unbranched alkanes of at least 4 members (excludes halogenated alkanes) is 1. The lowest BCUT2D eigenvalue weighted by molar-refractivity contribution is -0.132. The van der Waals surface area contributed by atoms with Gasteiger partial charge in [0.2, 0.25) is 21.8 Å². The lowest BCUT2D eigenvalue weighted by atomic mass is 10.2. The summed E-state index contributed by atoms with van der Waals surface area (Å²) in [5, 5.41) is 0. The van der Waals surface area contributed by atoms with Gasteiger partial charge >= 0.3 is 0 Å². The third-order valence-electron chi connectivity index (χ3n) is 5.79. The van der Waals surface area contributed by atoms with Gasteiger partial charge in [0.1, 0.15) is 0 Å². The molecule has 0 bridgehead atoms. The summed E-state index contributed by atoms with van der Waals surface area (Å²) in [6, 6.07) is 5.00. The minimum atomic E-state index is -3.52. The molecule has 2 amide bonds. The molecule has 2 heterocycles. The van der Waals surface area contributed by atoms with Crippen LogP contribution in [0.2, 0.25) is 0 Å². The molecule has 0 unspecified atom stereocenters. The van der Waals surface area contributed by atoms with Crippen LogP contribution in [0.1, 0.15) is 51.0 Å². The molecular weight excluding hydrogens is 390 g/mol. The van der Waals surface area contributed by atoms with Crippen LogP contribution < -0.4 is 4.90 Å². The summed E-state index contributed by atoms with van der Waals surface area (Å²) in [6.07, 6.45) is 4.88. The molecular formula is C21H31N3O4S. The molecule has 3 rings (SSSR count). The zero-order valence-corrected chi connectivity index (χ0v) is 18.2. The van der Waals surface area contributed by atoms with Gasteiger partial charge in [-0.15, -0.1) is 0 Å². The van der Waals surface area contributed by atoms with Crippen LogP contribution in [0.25, 0.3) is 0 Å². The maximum absolute atomic E-state index is 12.8. The quantitative estimate of drug-likeness (QED) is 0.646. The number of likely N-dealkylation sites (tertiary alicyclic amines) is 1. The molecule has 29 heavy (non-hydrogen) atoms. The Hall–Kier alpha value is -1.93. The average molecular weight is 422 g/mol. The van der Waals surface area contributed by atoms with Crippen molar-refractivity contribution in [1.82, 2.24) is 9.21 Å². The maximum atomic E-state index is 12.8. The second-order valence-corrected chi connectivity index (χ2v) is 9.90. The first-order valence-electron chi connectivity index (χ1n) is 10.5. The Morgan fingerprint density at radius 1 is 1.07 bits per heavy atom. The Balaban J connectivity index is 1.65. The summed E-state index contributed by atoms with van der Waals surface area (Å²) in [5.74, 6) is -0.0289. The largest absolute Gasteiger partial charge is 0.343 e. The van der Waals surface area contributed by atoms with E-state index in [0.29, 0.717) is 19.5 Å². The Bertz CT molecular complexity index is 863. The number of nitrogens with zero attached hydrogens (tertiary/aromatic N) is 3. The van der Waals surface area contributed by atoms with Crippen molar-refractivity contribution in [1.29, 1.82) is 0 Å². The smallest absolute Gasteiger partial charge is 0.242 e. The Kier molecular flexibility index (Phi) is 6.95. The molecule has 1 aromatic carbocycles. The Labute approximate surface area is 173 Å². The molecule has 0 radical (unpaired) electrons. The molecule has 0 aliphatic carbocycles. The van der Waals surface area contributed by atoms with Gasteiger partial charge in [-0.05, 0) is 49.4 Å². The van der Waals surface area contributed by atoms with E-state index in [1.54, 1.807) is 30.1 Å². The van der Waals surface area contributed by atoms with Crippen LogP contribution >= 0.6 is 0 Å². The SMILES string of the molecule is CCCCN(C)S(=O)(=O)c1ccc2c(c1)CCN2C(=O)CCC(=O)N1CCCC1. The van der Waals surface area contributed by atoms with Gasteiger partial charge in [0.05, 0.1) is 4.90 Å². The van der Waals surface area contributed by atoms with Gasteiger partial charge in [0.15, 0.2) is 0 Å². The van der Waals surface area contributed by atoms with E-state index in [1.165, 1.54) is 4.31 Å². The summed E-state index contributed by atoms with van der Waals surface area (Å²) in [6.45, 7) is 4.64. The van der Waals surface area contributed by atoms with Gasteiger partial charge < -0.3 is 9.80 Å². The second-order valence-electron chi connectivity index (χ2n) is 7.85. The first-order chi connectivity index (χ1) is 13.8. The van der Waals surface area contributed by atoms with E-state index in [2.05, 4.69) is 0 Å². The number of sulfonamides is 1. The van der Waals surface area contributed by atoms with E-state index in [1.807, 2.05) is 11.8 Å². The monoisotopic (exact) mass is 421 g/mol. The van der Waals surface area contributed by atoms with Crippen molar-refractivity contribution < 1.29 is 18.0 Å². The van der Waals surface area contributed by atoms with Crippen molar-refractivity contribution in [2.24, 2.45) is 0 Å². The predicted octanol–water partition coefficient (Wildman–Crippen LogP) is 2.40. The summed E-state index contributed by atoms with van der Waals surface area (Å²) in [5.41, 5.74) is 1.63. The van der Waals surface area contributed by atoms with Crippen molar-refractivity contribution >= 4 is 27.5 Å². The van der Waals surface area contributed by atoms with Crippen LogP contribution in [0.5, 0.6) is 0 Å². The summed E-state index contributed by atoms with van der Waals surface area (Å²) in [7, 11) is -1.92. The number of benzene rings is 1. The topological polar surface area (TPSA) is 78.0 Å². The lowest BCUT2D eigenvalue weighted by Gasteiger charge is -2.20. The van der Waals surface area contributed by atoms with E-state index in [0.717, 1.165) is 50.0 Å². The molecule has 0 aromatic heterocycles. The van der Waals surface area contributed by atoms with Crippen molar-refractivity contribution in [3.05, 3.63) is 23.8 Å². The number of hydrogen-bond acceptors (Lipinski definition) is 4. The first kappa shape index (κ1) is 21.8. The fourth-order valence-electron chi connectivity index (χ4n) is 3.95. The molecule has 0 atom stereocenters. The van der Waals surface area contributed by atoms with Crippen LogP contribution in [0.15, 0.2) is 23.1 Å². The van der Waals surface area contributed by atoms with Crippen molar-refractivity contribution in [3.8, 4) is 0 Å². The molecule has 160 valence electrons. The minimum absolute atomic E-state index is 0.0480. The van der Waals surface area contributed by atoms with Crippen LogP contribution in [-0.2, 0) is 26.0 Å². The number of carbonyl (C=O) groups excluding carboxylic acids is 2. The van der Waals surface area contributed by atoms with E-state index in [9.17, 15) is 18.0 Å². The summed E-state index contributed by atoms with van der Waals surface area (Å²) in [4.78, 5) is 28.6. The molecule has 1 aromatic rings. The van der Waals surface area contributed by atoms with Crippen LogP contribution in [0, 0.1) is 0 Å². The van der Waals surface area contributed by atoms with Gasteiger partial charge in [-0.1, -0.05) is 13.3 Å². The highest BCUT2D eigenvalue weighted by molar-refractivity contribution is 7.89. The summed E-state index contributed by atoms with van der Waals surface area (Å²) >= 11 is 0. The molecule has 0 saturated carbocycles. The lowest BCUT2D eigenvalue weighted by Crippen LogP contribution is -2.32. The minimum Gasteiger partial charge on any atom is -0.343 e. The van der Waals surface area contributed by atoms with E-state index >= 15 is 0 Å². The summed E-state index contributed by atoms with van der Waals surface area (Å²) < 4.78 is 26.9. The average Bonchev–Trinajstić information content (AvgIpc) is 3.39. The number of carbonyl (C=O) groups is 2. The maximum Gasteiger partial charge on any atom is 0.242 e. The van der Waals surface area contributed by atoms with Crippen LogP contribution in [0.4, 0.5) is 5.69 Å². The predicted molar refractivity (Wildman–Crippen MR) is 112 cm³/mol. The molecule has 8 heteroatoms. The van der Waals surface area contributed by atoms with Crippen molar-refractivity contribution in [3.63, 3.8) is 0 Å². The molecule has 7 nitrogen and oxygen atoms in total. The zero-order chi connectivity index (χ0) is 21.0. The highest BCUT2D eigenvalue weighted by atomic mass is 32.2. The van der Waals surface area contributed by atoms with Crippen molar-refractivity contribution in [2.45, 2.75) is 56.8 Å². The first-order valence-corrected chi connectivity index (χ1v) is 12.0. The number of amides is 2. The van der Waals surface area contributed by atoms with E-state index in [4.69, 9.17) is 0 Å². The number of rotatable bonds is 8. The van der Waals surface area contributed by atoms with E-state index < -0.39 is 10.0 Å². The number of fused-ring (bicyclic) bond motifs is 1. The fraction of sp³-hybridized carbons (Fsp3) is 0.619. The second kappa shape index (κ2) is 9.26. The van der Waals surface area contributed by atoms with Gasteiger partial charge in [0.25, 0.3) is 0 Å². The third-order valence-corrected chi connectivity index (χ3v) is 7.65. The highest BCUT2D eigenvalue weighted by Gasteiger charge is 2.28. The molecule has 0 spiro atoms. The fourth-order valence-corrected chi connectivity index (χ4v) is 5.21. The Morgan fingerprint density at radius 2 is 1.76 bits per heavy atom. The molecule has 1 fully saturated rings. The van der Waals surface area contributed by atoms with Gasteiger partial charge in [-0.2, -0.15) is 0 Å². The standard InChI is InChI=1S/C21H31N3O4S/c1-3-4-12-22(2)29(27,28)18-7-8-19-17(16-18)11-15-24(19)21(26)10-9-20(25)23-13-5-6-14-23/h7-8,16H,3-6,9-15H2,1-2H3. The third kappa shape index (κ3) is 4.80. The molecule has 1 saturated heterocycles. The number of anilines is 1. The zero-order valence-electron chi connectivity index (χ0n) is 17.4. The molecule has 2 aliphatic rings. The molecule has 2 aliphatic heterocycles. The van der Waals surface area contributed by atoms with Crippen molar-refractivity contribution in [2.75, 3.05) is 38.1 Å². The normalized spacial score (nSPS) is 16.5. The molecule has 0 N–H and O–H groups in total. The van der Waals surface area contributed by atoms with Crippen LogP contribution in [0.3, 0.4) is 0 Å². The van der Waals surface area contributed by atoms with E-state index in [-0.39, 0.29) is 29.6 Å². The number of hydrogen-bond donors (Lipinski definition) is 0. The van der Waals surface area contributed by atoms with Gasteiger partial charge in [-0.25, -0.2) is 12.7 Å². The Morgan fingerprint density at radius 3 is 2.45 bits per heavy atom. The highest BCUT2D eigenvalue weighted by Crippen LogP contribution is 2.31. The van der Waals surface area contributed by atoms with Gasteiger partial charge in [0, 0.05) is 51.8 Å².